The van der Waals surface area contributed by atoms with Crippen LogP contribution in [-0.2, 0) is 6.42 Å². The number of para-hydroxylation sites is 3. The van der Waals surface area contributed by atoms with E-state index in [4.69, 9.17) is 4.98 Å². The molecule has 0 radical (unpaired) electrons. The Balaban J connectivity index is 1.09. The van der Waals surface area contributed by atoms with Crippen LogP contribution in [0.4, 0.5) is 0 Å². The Labute approximate surface area is 295 Å². The summed E-state index contributed by atoms with van der Waals surface area (Å²) in [5.74, 6) is 0.216. The van der Waals surface area contributed by atoms with Crippen molar-refractivity contribution >= 4 is 49.1 Å². The summed E-state index contributed by atoms with van der Waals surface area (Å²) in [6.07, 6.45) is 0.947. The van der Waals surface area contributed by atoms with E-state index in [1.807, 2.05) is 0 Å². The van der Waals surface area contributed by atoms with Gasteiger partial charge in [-0.15, -0.1) is 0 Å². The first kappa shape index (κ1) is 28.3. The zero-order valence-electron chi connectivity index (χ0n) is 27.9. The van der Waals surface area contributed by atoms with E-state index in [1.54, 1.807) is 0 Å². The summed E-state index contributed by atoms with van der Waals surface area (Å²) in [5.41, 5.74) is 16.2. The lowest BCUT2D eigenvalue weighted by molar-refractivity contribution is 0.802. The van der Waals surface area contributed by atoms with Crippen molar-refractivity contribution < 1.29 is 0 Å². The maximum atomic E-state index is 5.16. The molecule has 0 bridgehead atoms. The van der Waals surface area contributed by atoms with E-state index >= 15 is 0 Å². The summed E-state index contributed by atoms with van der Waals surface area (Å²) in [5, 5.41) is 6.32. The topological polar surface area (TPSA) is 17.3 Å². The summed E-state index contributed by atoms with van der Waals surface area (Å²) in [7, 11) is 0. The van der Waals surface area contributed by atoms with Crippen LogP contribution in [0.2, 0.25) is 0 Å². The third-order valence-corrected chi connectivity index (χ3v) is 11.2. The molecule has 0 aliphatic heterocycles. The zero-order chi connectivity index (χ0) is 33.5. The molecule has 0 fully saturated rings. The van der Waals surface area contributed by atoms with E-state index in [2.05, 4.69) is 180 Å². The summed E-state index contributed by atoms with van der Waals surface area (Å²) in [6.45, 7) is 0. The SMILES string of the molecule is c1ccc(-c2ccc(-c3ccc4c(c3)-c3ccc5ccccc5c3C(c3ccc5c(c3)c3ccccc3n3c6ccccc6nc53)C4)cc2)cc1. The third-order valence-electron chi connectivity index (χ3n) is 11.2. The molecule has 10 aromatic rings. The van der Waals surface area contributed by atoms with Gasteiger partial charge < -0.3 is 0 Å². The molecule has 1 atom stereocenters. The van der Waals surface area contributed by atoms with Crippen molar-refractivity contribution in [3.63, 3.8) is 0 Å². The number of hydrogen-bond donors (Lipinski definition) is 0. The fourth-order valence-electron chi connectivity index (χ4n) is 8.73. The van der Waals surface area contributed by atoms with E-state index in [1.165, 1.54) is 82.5 Å². The van der Waals surface area contributed by atoms with Crippen LogP contribution in [0.3, 0.4) is 0 Å². The number of fused-ring (bicyclic) bond motifs is 13. The fraction of sp³-hybridized carbons (Fsp3) is 0.0408. The highest BCUT2D eigenvalue weighted by Gasteiger charge is 2.29. The van der Waals surface area contributed by atoms with Gasteiger partial charge in [-0.05, 0) is 103 Å². The first-order chi connectivity index (χ1) is 25.3. The second-order valence-corrected chi connectivity index (χ2v) is 13.9. The predicted octanol–water partition coefficient (Wildman–Crippen LogP) is 12.6. The van der Waals surface area contributed by atoms with Crippen LogP contribution < -0.4 is 0 Å². The van der Waals surface area contributed by atoms with E-state index in [9.17, 15) is 0 Å². The number of aromatic nitrogens is 2. The third kappa shape index (κ3) is 4.33. The molecule has 1 aliphatic rings. The molecule has 2 heterocycles. The largest absolute Gasteiger partial charge is 0.292 e. The van der Waals surface area contributed by atoms with Crippen molar-refractivity contribution in [2.75, 3.05) is 0 Å². The van der Waals surface area contributed by atoms with Gasteiger partial charge in [0, 0.05) is 16.7 Å². The first-order valence-electron chi connectivity index (χ1n) is 17.8. The Kier molecular flexibility index (Phi) is 6.11. The van der Waals surface area contributed by atoms with Crippen LogP contribution in [0.1, 0.15) is 22.6 Å². The van der Waals surface area contributed by atoms with Gasteiger partial charge in [0.2, 0.25) is 0 Å². The average molecular weight is 649 g/mol. The summed E-state index contributed by atoms with van der Waals surface area (Å²) in [6, 6.07) is 64.7. The normalized spacial score (nSPS) is 14.0. The van der Waals surface area contributed by atoms with Crippen LogP contribution in [0.25, 0.3) is 82.5 Å². The van der Waals surface area contributed by atoms with Gasteiger partial charge in [0.1, 0.15) is 5.65 Å². The van der Waals surface area contributed by atoms with Gasteiger partial charge >= 0.3 is 0 Å². The van der Waals surface area contributed by atoms with Gasteiger partial charge in [0.15, 0.2) is 0 Å². The Bertz CT molecular complexity index is 2990. The molecule has 0 amide bonds. The van der Waals surface area contributed by atoms with Crippen LogP contribution >= 0.6 is 0 Å². The number of nitrogens with zero attached hydrogens (tertiary/aromatic N) is 2. The molecule has 0 spiro atoms. The molecule has 1 unspecified atom stereocenters. The van der Waals surface area contributed by atoms with Gasteiger partial charge in [-0.2, -0.15) is 0 Å². The minimum atomic E-state index is 0.216. The fourth-order valence-corrected chi connectivity index (χ4v) is 8.73. The van der Waals surface area contributed by atoms with Gasteiger partial charge in [0.25, 0.3) is 0 Å². The van der Waals surface area contributed by atoms with Crippen molar-refractivity contribution in [1.82, 2.24) is 9.38 Å². The van der Waals surface area contributed by atoms with Crippen LogP contribution in [0, 0.1) is 0 Å². The second-order valence-electron chi connectivity index (χ2n) is 13.9. The first-order valence-corrected chi connectivity index (χ1v) is 17.8. The molecule has 11 rings (SSSR count). The van der Waals surface area contributed by atoms with Gasteiger partial charge in [-0.3, -0.25) is 4.40 Å². The molecule has 238 valence electrons. The molecule has 2 heteroatoms. The lowest BCUT2D eigenvalue weighted by Crippen LogP contribution is -2.13. The molecule has 1 aliphatic carbocycles. The highest BCUT2D eigenvalue weighted by Crippen LogP contribution is 2.48. The van der Waals surface area contributed by atoms with Crippen molar-refractivity contribution in [1.29, 1.82) is 0 Å². The molecule has 0 saturated heterocycles. The molecule has 0 saturated carbocycles. The zero-order valence-corrected chi connectivity index (χ0v) is 27.9. The minimum absolute atomic E-state index is 0.216. The Morgan fingerprint density at radius 3 is 2.00 bits per heavy atom. The lowest BCUT2D eigenvalue weighted by atomic mass is 9.73. The van der Waals surface area contributed by atoms with Crippen LogP contribution in [0.15, 0.2) is 176 Å². The van der Waals surface area contributed by atoms with Gasteiger partial charge in [-0.25, -0.2) is 4.98 Å². The monoisotopic (exact) mass is 648 g/mol. The molecular weight excluding hydrogens is 617 g/mol. The lowest BCUT2D eigenvalue weighted by Gasteiger charge is -2.30. The van der Waals surface area contributed by atoms with E-state index in [-0.39, 0.29) is 5.92 Å². The quantitative estimate of drug-likeness (QED) is 0.174. The molecule has 2 nitrogen and oxygen atoms in total. The van der Waals surface area contributed by atoms with Crippen molar-refractivity contribution in [2.24, 2.45) is 0 Å². The van der Waals surface area contributed by atoms with E-state index in [0.717, 1.165) is 23.1 Å². The van der Waals surface area contributed by atoms with Crippen molar-refractivity contribution in [3.8, 4) is 33.4 Å². The highest BCUT2D eigenvalue weighted by atomic mass is 15.0. The Morgan fingerprint density at radius 1 is 0.451 bits per heavy atom. The molecule has 8 aromatic carbocycles. The standard InChI is InChI=1S/C49H32N2/c1-2-10-31(11-3-1)32-18-20-33(21-19-32)35-22-23-36-29-43(48-38-13-5-4-12-34(38)24-26-40(48)42(36)28-35)37-25-27-41-44(30-37)39-14-6-8-16-46(39)51-47-17-9-7-15-45(47)50-49(41)51/h1-28,30,43H,29H2. The smallest absolute Gasteiger partial charge is 0.146 e. The maximum Gasteiger partial charge on any atom is 0.146 e. The predicted molar refractivity (Wildman–Crippen MR) is 214 cm³/mol. The number of pyridine rings is 1. The van der Waals surface area contributed by atoms with E-state index in [0.29, 0.717) is 0 Å². The molecular formula is C49H32N2. The highest BCUT2D eigenvalue weighted by molar-refractivity contribution is 6.14. The second kappa shape index (κ2) is 11.0. The van der Waals surface area contributed by atoms with Gasteiger partial charge in [-0.1, -0.05) is 146 Å². The number of imidazole rings is 1. The van der Waals surface area contributed by atoms with Crippen molar-refractivity contribution in [3.05, 3.63) is 193 Å². The summed E-state index contributed by atoms with van der Waals surface area (Å²) in [4.78, 5) is 5.16. The number of rotatable bonds is 3. The van der Waals surface area contributed by atoms with Crippen molar-refractivity contribution in [2.45, 2.75) is 12.3 Å². The molecule has 51 heavy (non-hydrogen) atoms. The average Bonchev–Trinajstić information content (AvgIpc) is 3.61. The van der Waals surface area contributed by atoms with Gasteiger partial charge in [0.05, 0.1) is 16.6 Å². The Morgan fingerprint density at radius 2 is 1.14 bits per heavy atom. The van der Waals surface area contributed by atoms with E-state index < -0.39 is 0 Å². The maximum absolute atomic E-state index is 5.16. The molecule has 0 N–H and O–H groups in total. The number of hydrogen-bond acceptors (Lipinski definition) is 1. The van der Waals surface area contributed by atoms with Crippen LogP contribution in [-0.4, -0.2) is 9.38 Å². The molecule has 2 aromatic heterocycles. The summed E-state index contributed by atoms with van der Waals surface area (Å²) >= 11 is 0. The Hall–Kier alpha value is -6.51. The minimum Gasteiger partial charge on any atom is -0.292 e. The van der Waals surface area contributed by atoms with Crippen LogP contribution in [0.5, 0.6) is 0 Å². The summed E-state index contributed by atoms with van der Waals surface area (Å²) < 4.78 is 2.33. The number of benzene rings is 8.